The van der Waals surface area contributed by atoms with Crippen molar-refractivity contribution in [3.8, 4) is 0 Å². The Kier molecular flexibility index (Phi) is 5.95. The highest BCUT2D eigenvalue weighted by Crippen LogP contribution is 2.34. The lowest BCUT2D eigenvalue weighted by molar-refractivity contribution is -0.137. The first kappa shape index (κ1) is 20.9. The molecule has 2 rings (SSSR count). The maximum Gasteiger partial charge on any atom is 0.418 e. The molecule has 0 saturated heterocycles. The van der Waals surface area contributed by atoms with Gasteiger partial charge in [-0.25, -0.2) is 13.4 Å². The fourth-order valence-electron chi connectivity index (χ4n) is 2.34. The summed E-state index contributed by atoms with van der Waals surface area (Å²) in [6.45, 7) is 2.45. The third kappa shape index (κ3) is 4.66. The van der Waals surface area contributed by atoms with Crippen molar-refractivity contribution in [3.63, 3.8) is 0 Å². The van der Waals surface area contributed by atoms with Gasteiger partial charge in [0, 0.05) is 19.8 Å². The molecule has 7 nitrogen and oxygen atoms in total. The van der Waals surface area contributed by atoms with Gasteiger partial charge in [0.1, 0.15) is 5.82 Å². The van der Waals surface area contributed by atoms with Crippen molar-refractivity contribution in [2.24, 2.45) is 7.05 Å². The number of rotatable bonds is 6. The van der Waals surface area contributed by atoms with E-state index < -0.39 is 39.9 Å². The van der Waals surface area contributed by atoms with Crippen LogP contribution < -0.4 is 5.32 Å². The zero-order valence-corrected chi connectivity index (χ0v) is 15.7. The Morgan fingerprint density at radius 3 is 2.44 bits per heavy atom. The normalized spacial score (nSPS) is 12.4. The Bertz CT molecular complexity index is 919. The van der Waals surface area contributed by atoms with Crippen molar-refractivity contribution in [1.29, 1.82) is 0 Å². The van der Waals surface area contributed by atoms with Crippen LogP contribution in [0.5, 0.6) is 0 Å². The van der Waals surface area contributed by atoms with E-state index in [0.717, 1.165) is 16.4 Å². The summed E-state index contributed by atoms with van der Waals surface area (Å²) < 4.78 is 66.7. The molecule has 27 heavy (non-hydrogen) atoms. The Balaban J connectivity index is 2.21. The number of nitrogens with one attached hydrogen (secondary N) is 1. The molecule has 0 aliphatic heterocycles. The van der Waals surface area contributed by atoms with Crippen LogP contribution in [0.1, 0.15) is 18.3 Å². The van der Waals surface area contributed by atoms with Crippen molar-refractivity contribution in [3.05, 3.63) is 41.9 Å². The molecule has 0 radical (unpaired) electrons. The molecular weight excluding hydrogens is 385 g/mol. The van der Waals surface area contributed by atoms with E-state index in [1.165, 1.54) is 29.8 Å². The predicted molar refractivity (Wildman–Crippen MR) is 92.5 cm³/mol. The molecule has 1 aromatic heterocycles. The van der Waals surface area contributed by atoms with Crippen LogP contribution in [0.25, 0.3) is 0 Å². The summed E-state index contributed by atoms with van der Waals surface area (Å²) in [7, 11) is -2.44. The minimum absolute atomic E-state index is 0.0493. The third-order valence-electron chi connectivity index (χ3n) is 3.87. The van der Waals surface area contributed by atoms with E-state index in [1.807, 2.05) is 0 Å². The van der Waals surface area contributed by atoms with Crippen molar-refractivity contribution in [1.82, 2.24) is 13.9 Å². The van der Waals surface area contributed by atoms with E-state index >= 15 is 0 Å². The number of hydrogen-bond acceptors (Lipinski definition) is 4. The largest absolute Gasteiger partial charge is 0.418 e. The van der Waals surface area contributed by atoms with Crippen molar-refractivity contribution in [2.75, 3.05) is 18.4 Å². The van der Waals surface area contributed by atoms with Gasteiger partial charge in [0.25, 0.3) is 10.0 Å². The fraction of sp³-hybridized carbons (Fsp3) is 0.375. The quantitative estimate of drug-likeness (QED) is 0.801. The molecule has 0 aliphatic carbocycles. The minimum Gasteiger partial charge on any atom is -0.337 e. The zero-order chi connectivity index (χ0) is 20.4. The number of anilines is 1. The van der Waals surface area contributed by atoms with E-state index in [9.17, 15) is 26.4 Å². The molecule has 0 unspecified atom stereocenters. The van der Waals surface area contributed by atoms with Gasteiger partial charge in [-0.05, 0) is 19.1 Å². The molecule has 1 heterocycles. The molecule has 0 aliphatic rings. The number of hydrogen-bond donors (Lipinski definition) is 1. The van der Waals surface area contributed by atoms with Crippen LogP contribution in [0.15, 0.2) is 35.5 Å². The van der Waals surface area contributed by atoms with Crippen LogP contribution in [0.2, 0.25) is 0 Å². The summed E-state index contributed by atoms with van der Waals surface area (Å²) in [5.41, 5.74) is -1.44. The highest BCUT2D eigenvalue weighted by atomic mass is 32.2. The number of likely N-dealkylation sites (N-methyl/N-ethyl adjacent to an activating group) is 1. The summed E-state index contributed by atoms with van der Waals surface area (Å²) in [4.78, 5) is 16.1. The topological polar surface area (TPSA) is 84.3 Å². The second-order valence-corrected chi connectivity index (χ2v) is 7.64. The predicted octanol–water partition coefficient (Wildman–Crippen LogP) is 2.40. The lowest BCUT2D eigenvalue weighted by atomic mass is 10.1. The standard InChI is InChI=1S/C16H19F3N4O3S/c1-4-23(27(25,26)15-10-22(3)11(2)20-15)9-14(24)21-13-8-6-5-7-12(13)16(17,18)19/h5-8,10H,4,9H2,1-3H3,(H,21,24). The van der Waals surface area contributed by atoms with Gasteiger partial charge >= 0.3 is 6.18 Å². The summed E-state index contributed by atoms with van der Waals surface area (Å²) in [6.07, 6.45) is -3.34. The maximum absolute atomic E-state index is 13.0. The van der Waals surface area contributed by atoms with Crippen LogP contribution in [-0.4, -0.2) is 41.3 Å². The first-order valence-electron chi connectivity index (χ1n) is 7.93. The molecule has 1 N–H and O–H groups in total. The van der Waals surface area contributed by atoms with Crippen LogP contribution in [0.3, 0.4) is 0 Å². The molecule has 2 aromatic rings. The molecule has 0 spiro atoms. The first-order chi connectivity index (χ1) is 12.5. The number of aryl methyl sites for hydroxylation is 2. The lowest BCUT2D eigenvalue weighted by Gasteiger charge is -2.19. The van der Waals surface area contributed by atoms with Gasteiger partial charge < -0.3 is 9.88 Å². The molecule has 0 saturated carbocycles. The number of imidazole rings is 1. The Morgan fingerprint density at radius 1 is 1.30 bits per heavy atom. The molecule has 0 atom stereocenters. The Labute approximate surface area is 154 Å². The molecular formula is C16H19F3N4O3S. The average molecular weight is 404 g/mol. The number of nitrogens with zero attached hydrogens (tertiary/aromatic N) is 3. The fourth-order valence-corrected chi connectivity index (χ4v) is 3.77. The van der Waals surface area contributed by atoms with Gasteiger partial charge in [-0.2, -0.15) is 17.5 Å². The Morgan fingerprint density at radius 2 is 1.93 bits per heavy atom. The number of carbonyl (C=O) groups excluding carboxylic acids is 1. The van der Waals surface area contributed by atoms with Gasteiger partial charge in [0.2, 0.25) is 5.91 Å². The SMILES string of the molecule is CCN(CC(=O)Nc1ccccc1C(F)(F)F)S(=O)(=O)c1cn(C)c(C)n1. The number of halogens is 3. The summed E-state index contributed by atoms with van der Waals surface area (Å²) in [6, 6.07) is 4.48. The number of amides is 1. The second kappa shape index (κ2) is 7.69. The molecule has 1 amide bonds. The van der Waals surface area contributed by atoms with Crippen LogP contribution >= 0.6 is 0 Å². The number of benzene rings is 1. The molecule has 0 fully saturated rings. The number of carbonyl (C=O) groups is 1. The number of aromatic nitrogens is 2. The number of para-hydroxylation sites is 1. The van der Waals surface area contributed by atoms with Gasteiger partial charge in [0.15, 0.2) is 5.03 Å². The number of sulfonamides is 1. The van der Waals surface area contributed by atoms with Crippen molar-refractivity contribution < 1.29 is 26.4 Å². The van der Waals surface area contributed by atoms with Crippen molar-refractivity contribution in [2.45, 2.75) is 25.0 Å². The van der Waals surface area contributed by atoms with E-state index in [4.69, 9.17) is 0 Å². The molecule has 0 bridgehead atoms. The second-order valence-electron chi connectivity index (χ2n) is 5.76. The van der Waals surface area contributed by atoms with E-state index in [-0.39, 0.29) is 11.6 Å². The summed E-state index contributed by atoms with van der Waals surface area (Å²) in [5, 5.41) is 1.90. The van der Waals surface area contributed by atoms with Gasteiger partial charge in [-0.3, -0.25) is 4.79 Å². The van der Waals surface area contributed by atoms with Gasteiger partial charge in [-0.1, -0.05) is 19.1 Å². The van der Waals surface area contributed by atoms with Crippen LogP contribution in [0.4, 0.5) is 18.9 Å². The average Bonchev–Trinajstić information content (AvgIpc) is 2.92. The summed E-state index contributed by atoms with van der Waals surface area (Å²) in [5.74, 6) is -0.419. The first-order valence-corrected chi connectivity index (χ1v) is 9.37. The molecule has 1 aromatic carbocycles. The smallest absolute Gasteiger partial charge is 0.337 e. The van der Waals surface area contributed by atoms with E-state index in [2.05, 4.69) is 10.3 Å². The third-order valence-corrected chi connectivity index (χ3v) is 5.66. The van der Waals surface area contributed by atoms with Crippen LogP contribution in [0, 0.1) is 6.92 Å². The van der Waals surface area contributed by atoms with E-state index in [1.54, 1.807) is 14.0 Å². The number of alkyl halides is 3. The highest BCUT2D eigenvalue weighted by Gasteiger charge is 2.34. The molecule has 148 valence electrons. The Hall–Kier alpha value is -2.40. The van der Waals surface area contributed by atoms with Gasteiger partial charge in [-0.15, -0.1) is 0 Å². The van der Waals surface area contributed by atoms with Gasteiger partial charge in [0.05, 0.1) is 17.8 Å². The minimum atomic E-state index is -4.65. The van der Waals surface area contributed by atoms with E-state index in [0.29, 0.717) is 5.82 Å². The zero-order valence-electron chi connectivity index (χ0n) is 14.9. The van der Waals surface area contributed by atoms with Crippen molar-refractivity contribution >= 4 is 21.6 Å². The lowest BCUT2D eigenvalue weighted by Crippen LogP contribution is -2.38. The molecule has 11 heteroatoms. The summed E-state index contributed by atoms with van der Waals surface area (Å²) >= 11 is 0. The highest BCUT2D eigenvalue weighted by molar-refractivity contribution is 7.89. The monoisotopic (exact) mass is 404 g/mol. The van der Waals surface area contributed by atoms with Crippen LogP contribution in [-0.2, 0) is 28.0 Å². The maximum atomic E-state index is 13.0.